The Kier molecular flexibility index (Phi) is 3.56. The summed E-state index contributed by atoms with van der Waals surface area (Å²) in [5.74, 6) is 0.827. The van der Waals surface area contributed by atoms with Crippen molar-refractivity contribution in [3.05, 3.63) is 48.4 Å². The van der Waals surface area contributed by atoms with Crippen LogP contribution in [0.3, 0.4) is 0 Å². The zero-order chi connectivity index (χ0) is 14.8. The Morgan fingerprint density at radius 2 is 2.14 bits per heavy atom. The Balaban J connectivity index is 1.96. The van der Waals surface area contributed by atoms with Gasteiger partial charge in [-0.2, -0.15) is 0 Å². The van der Waals surface area contributed by atoms with Gasteiger partial charge in [-0.1, -0.05) is 18.2 Å². The quantitative estimate of drug-likeness (QED) is 0.920. The van der Waals surface area contributed by atoms with Crippen molar-refractivity contribution in [2.24, 2.45) is 0 Å². The lowest BCUT2D eigenvalue weighted by atomic mass is 9.91. The minimum Gasteiger partial charge on any atom is -0.362 e. The number of amides is 1. The van der Waals surface area contributed by atoms with Crippen LogP contribution < -0.4 is 10.2 Å². The summed E-state index contributed by atoms with van der Waals surface area (Å²) < 4.78 is 0. The number of carbonyl (C=O) groups excluding carboxylic acids is 1. The van der Waals surface area contributed by atoms with Gasteiger partial charge in [-0.05, 0) is 25.0 Å². The maximum absolute atomic E-state index is 11.9. The van der Waals surface area contributed by atoms with Crippen LogP contribution in [0, 0.1) is 0 Å². The maximum atomic E-state index is 11.9. The molecule has 2 atom stereocenters. The van der Waals surface area contributed by atoms with E-state index in [1.54, 1.807) is 25.5 Å². The Hall–Kier alpha value is -2.43. The molecule has 0 radical (unpaired) electrons. The van der Waals surface area contributed by atoms with E-state index < -0.39 is 0 Å². The SMILES string of the molecule is CC(=O)N1c2ccccc2[C@H](Nc2cnccn2)C[C@@H]1C. The summed E-state index contributed by atoms with van der Waals surface area (Å²) in [5, 5.41) is 3.42. The van der Waals surface area contributed by atoms with Crippen molar-refractivity contribution in [3.8, 4) is 0 Å². The fourth-order valence-corrected chi connectivity index (χ4v) is 2.98. The number of nitrogens with zero attached hydrogens (tertiary/aromatic N) is 3. The number of para-hydroxylation sites is 1. The average molecular weight is 282 g/mol. The molecule has 1 aliphatic rings. The number of hydrogen-bond donors (Lipinski definition) is 1. The van der Waals surface area contributed by atoms with Gasteiger partial charge < -0.3 is 10.2 Å². The van der Waals surface area contributed by atoms with Crippen LogP contribution in [0.5, 0.6) is 0 Å². The predicted molar refractivity (Wildman–Crippen MR) is 82.1 cm³/mol. The number of benzene rings is 1. The number of rotatable bonds is 2. The molecule has 1 N–H and O–H groups in total. The molecule has 3 rings (SSSR count). The molecule has 0 aliphatic carbocycles. The van der Waals surface area contributed by atoms with E-state index in [0.717, 1.165) is 23.5 Å². The average Bonchev–Trinajstić information content (AvgIpc) is 2.48. The van der Waals surface area contributed by atoms with Crippen LogP contribution in [0.15, 0.2) is 42.9 Å². The molecule has 1 amide bonds. The van der Waals surface area contributed by atoms with Crippen LogP contribution in [0.25, 0.3) is 0 Å². The summed E-state index contributed by atoms with van der Waals surface area (Å²) in [7, 11) is 0. The standard InChI is InChI=1S/C16H18N4O/c1-11-9-14(19-16-10-17-7-8-18-16)13-5-3-4-6-15(13)20(11)12(2)21/h3-8,10-11,14H,9H2,1-2H3,(H,18,19)/t11-,14+/m0/s1. The lowest BCUT2D eigenvalue weighted by Crippen LogP contribution is -2.43. The van der Waals surface area contributed by atoms with E-state index in [1.165, 1.54) is 0 Å². The first kappa shape index (κ1) is 13.5. The highest BCUT2D eigenvalue weighted by Gasteiger charge is 2.32. The molecule has 2 aromatic rings. The minimum absolute atomic E-state index is 0.0768. The van der Waals surface area contributed by atoms with Gasteiger partial charge in [0.2, 0.25) is 5.91 Å². The van der Waals surface area contributed by atoms with Crippen molar-refractivity contribution < 1.29 is 4.79 Å². The molecule has 0 bridgehead atoms. The summed E-state index contributed by atoms with van der Waals surface area (Å²) in [6.45, 7) is 3.69. The molecule has 5 nitrogen and oxygen atoms in total. The minimum atomic E-state index is 0.0768. The lowest BCUT2D eigenvalue weighted by molar-refractivity contribution is -0.117. The molecular weight excluding hydrogens is 264 g/mol. The second kappa shape index (κ2) is 5.52. The van der Waals surface area contributed by atoms with Gasteiger partial charge in [0.05, 0.1) is 12.2 Å². The molecule has 5 heteroatoms. The molecule has 0 fully saturated rings. The van der Waals surface area contributed by atoms with Crippen molar-refractivity contribution in [1.29, 1.82) is 0 Å². The molecular formula is C16H18N4O. The summed E-state index contributed by atoms with van der Waals surface area (Å²) >= 11 is 0. The van der Waals surface area contributed by atoms with Crippen molar-refractivity contribution >= 4 is 17.4 Å². The van der Waals surface area contributed by atoms with Crippen molar-refractivity contribution in [3.63, 3.8) is 0 Å². The van der Waals surface area contributed by atoms with Crippen LogP contribution in [0.4, 0.5) is 11.5 Å². The van der Waals surface area contributed by atoms with E-state index in [9.17, 15) is 4.79 Å². The molecule has 1 aromatic heterocycles. The molecule has 21 heavy (non-hydrogen) atoms. The Labute approximate surface area is 124 Å². The zero-order valence-electron chi connectivity index (χ0n) is 12.2. The molecule has 0 unspecified atom stereocenters. The zero-order valence-corrected chi connectivity index (χ0v) is 12.2. The second-order valence-electron chi connectivity index (χ2n) is 5.32. The number of fused-ring (bicyclic) bond motifs is 1. The van der Waals surface area contributed by atoms with Gasteiger partial charge in [-0.15, -0.1) is 0 Å². The molecule has 1 aliphatic heterocycles. The Bertz CT molecular complexity index is 644. The van der Waals surface area contributed by atoms with Crippen LogP contribution in [-0.4, -0.2) is 21.9 Å². The summed E-state index contributed by atoms with van der Waals surface area (Å²) in [6, 6.07) is 8.29. The fourth-order valence-electron chi connectivity index (χ4n) is 2.98. The van der Waals surface area contributed by atoms with Crippen LogP contribution in [0.1, 0.15) is 31.9 Å². The number of nitrogens with one attached hydrogen (secondary N) is 1. The van der Waals surface area contributed by atoms with Crippen molar-refractivity contribution in [2.75, 3.05) is 10.2 Å². The van der Waals surface area contributed by atoms with Gasteiger partial charge >= 0.3 is 0 Å². The monoisotopic (exact) mass is 282 g/mol. The lowest BCUT2D eigenvalue weighted by Gasteiger charge is -2.39. The highest BCUT2D eigenvalue weighted by molar-refractivity contribution is 5.93. The molecule has 1 aromatic carbocycles. The van der Waals surface area contributed by atoms with Gasteiger partial charge in [0.15, 0.2) is 0 Å². The first-order chi connectivity index (χ1) is 10.2. The molecule has 0 saturated carbocycles. The van der Waals surface area contributed by atoms with E-state index >= 15 is 0 Å². The number of hydrogen-bond acceptors (Lipinski definition) is 4. The number of aromatic nitrogens is 2. The third-order valence-electron chi connectivity index (χ3n) is 3.81. The van der Waals surface area contributed by atoms with Gasteiger partial charge in [0, 0.05) is 31.0 Å². The van der Waals surface area contributed by atoms with Gasteiger partial charge in [-0.3, -0.25) is 9.78 Å². The fraction of sp³-hybridized carbons (Fsp3) is 0.312. The van der Waals surface area contributed by atoms with E-state index in [-0.39, 0.29) is 18.0 Å². The number of carbonyl (C=O) groups is 1. The van der Waals surface area contributed by atoms with Gasteiger partial charge in [0.1, 0.15) is 5.82 Å². The second-order valence-corrected chi connectivity index (χ2v) is 5.32. The largest absolute Gasteiger partial charge is 0.362 e. The van der Waals surface area contributed by atoms with E-state index in [2.05, 4.69) is 28.3 Å². The maximum Gasteiger partial charge on any atom is 0.224 e. The van der Waals surface area contributed by atoms with Crippen LogP contribution >= 0.6 is 0 Å². The third kappa shape index (κ3) is 2.59. The van der Waals surface area contributed by atoms with E-state index in [1.807, 2.05) is 23.1 Å². The Morgan fingerprint density at radius 3 is 2.86 bits per heavy atom. The summed E-state index contributed by atoms with van der Waals surface area (Å²) in [4.78, 5) is 22.1. The molecule has 0 saturated heterocycles. The predicted octanol–water partition coefficient (Wildman–Crippen LogP) is 2.77. The van der Waals surface area contributed by atoms with Crippen molar-refractivity contribution in [1.82, 2.24) is 9.97 Å². The normalized spacial score (nSPS) is 20.8. The molecule has 108 valence electrons. The van der Waals surface area contributed by atoms with E-state index in [4.69, 9.17) is 0 Å². The topological polar surface area (TPSA) is 58.1 Å². The highest BCUT2D eigenvalue weighted by atomic mass is 16.2. The molecule has 0 spiro atoms. The molecule has 2 heterocycles. The summed E-state index contributed by atoms with van der Waals surface area (Å²) in [5.41, 5.74) is 2.10. The first-order valence-corrected chi connectivity index (χ1v) is 7.08. The van der Waals surface area contributed by atoms with Crippen LogP contribution in [-0.2, 0) is 4.79 Å². The highest BCUT2D eigenvalue weighted by Crippen LogP contribution is 2.38. The Morgan fingerprint density at radius 1 is 1.33 bits per heavy atom. The number of anilines is 2. The van der Waals surface area contributed by atoms with Gasteiger partial charge in [-0.25, -0.2) is 4.98 Å². The first-order valence-electron chi connectivity index (χ1n) is 7.08. The van der Waals surface area contributed by atoms with E-state index in [0.29, 0.717) is 0 Å². The van der Waals surface area contributed by atoms with Gasteiger partial charge in [0.25, 0.3) is 0 Å². The van der Waals surface area contributed by atoms with Crippen LogP contribution in [0.2, 0.25) is 0 Å². The smallest absolute Gasteiger partial charge is 0.224 e. The summed E-state index contributed by atoms with van der Waals surface area (Å²) in [6.07, 6.45) is 5.88. The van der Waals surface area contributed by atoms with Crippen molar-refractivity contribution in [2.45, 2.75) is 32.4 Å². The third-order valence-corrected chi connectivity index (χ3v) is 3.81.